The van der Waals surface area contributed by atoms with Crippen molar-refractivity contribution in [3.8, 4) is 0 Å². The van der Waals surface area contributed by atoms with E-state index in [1.54, 1.807) is 0 Å². The van der Waals surface area contributed by atoms with Crippen LogP contribution >= 0.6 is 11.6 Å². The molecule has 1 atom stereocenters. The van der Waals surface area contributed by atoms with Gasteiger partial charge < -0.3 is 25.1 Å². The van der Waals surface area contributed by atoms with Crippen LogP contribution in [0.1, 0.15) is 36.4 Å². The largest absolute Gasteiger partial charge is 0.390 e. The van der Waals surface area contributed by atoms with Gasteiger partial charge in [-0.15, -0.1) is 0 Å². The van der Waals surface area contributed by atoms with Crippen LogP contribution in [0.25, 0.3) is 0 Å². The molecule has 35 heavy (non-hydrogen) atoms. The number of rotatable bonds is 8. The molecular weight excluding hydrogens is 468 g/mol. The maximum atomic E-state index is 6.78. The molecule has 2 fully saturated rings. The van der Waals surface area contributed by atoms with Crippen molar-refractivity contribution in [2.24, 2.45) is 5.16 Å². The van der Waals surface area contributed by atoms with Crippen molar-refractivity contribution in [3.05, 3.63) is 52.7 Å². The molecule has 1 saturated heterocycles. The van der Waals surface area contributed by atoms with Gasteiger partial charge in [-0.1, -0.05) is 47.1 Å². The molecule has 0 radical (unpaired) electrons. The number of H-pyrrole nitrogens is 1. The van der Waals surface area contributed by atoms with E-state index in [2.05, 4.69) is 35.9 Å². The normalized spacial score (nSPS) is 19.9. The number of nitrogens with zero attached hydrogens (tertiary/aromatic N) is 5. The van der Waals surface area contributed by atoms with Crippen molar-refractivity contribution in [1.82, 2.24) is 20.2 Å². The molecule has 1 unspecified atom stereocenters. The second kappa shape index (κ2) is 9.71. The minimum absolute atomic E-state index is 0.110. The van der Waals surface area contributed by atoms with Gasteiger partial charge in [-0.2, -0.15) is 15.1 Å². The topological polar surface area (TPSA) is 113 Å². The molecule has 0 amide bonds. The van der Waals surface area contributed by atoms with Crippen LogP contribution in [0.3, 0.4) is 0 Å². The summed E-state index contributed by atoms with van der Waals surface area (Å²) in [5, 5.41) is 18.8. The number of ether oxygens (including phenoxy) is 1. The SMILES string of the molecule is Clc1c(Nc2cc(C3CC3)n[nH]2)nc(NCC2CC(c3ccccc3)=NO2)nc1N1CCOCC1. The van der Waals surface area contributed by atoms with Crippen LogP contribution < -0.4 is 15.5 Å². The molecule has 6 rings (SSSR count). The number of hydrogen-bond donors (Lipinski definition) is 3. The Morgan fingerprint density at radius 3 is 2.74 bits per heavy atom. The van der Waals surface area contributed by atoms with E-state index in [-0.39, 0.29) is 6.10 Å². The summed E-state index contributed by atoms with van der Waals surface area (Å²) in [7, 11) is 0. The monoisotopic (exact) mass is 494 g/mol. The summed E-state index contributed by atoms with van der Waals surface area (Å²) < 4.78 is 5.51. The number of benzene rings is 1. The molecule has 3 aromatic rings. The zero-order chi connectivity index (χ0) is 23.6. The molecule has 1 aromatic carbocycles. The first kappa shape index (κ1) is 22.1. The molecule has 4 heterocycles. The maximum Gasteiger partial charge on any atom is 0.226 e. The van der Waals surface area contributed by atoms with Crippen molar-refractivity contribution < 1.29 is 9.57 Å². The Bertz CT molecular complexity index is 1210. The highest BCUT2D eigenvalue weighted by atomic mass is 35.5. The smallest absolute Gasteiger partial charge is 0.226 e. The quantitative estimate of drug-likeness (QED) is 0.432. The van der Waals surface area contributed by atoms with Gasteiger partial charge in [-0.25, -0.2) is 0 Å². The van der Waals surface area contributed by atoms with Gasteiger partial charge in [0, 0.05) is 31.5 Å². The second-order valence-corrected chi connectivity index (χ2v) is 9.33. The average molecular weight is 495 g/mol. The summed E-state index contributed by atoms with van der Waals surface area (Å²) in [6.07, 6.45) is 2.98. The van der Waals surface area contributed by atoms with E-state index in [9.17, 15) is 0 Å². The fourth-order valence-corrected chi connectivity index (χ4v) is 4.49. The Morgan fingerprint density at radius 2 is 1.94 bits per heavy atom. The van der Waals surface area contributed by atoms with Gasteiger partial charge in [0.25, 0.3) is 0 Å². The molecular formula is C24H27ClN8O2. The number of aromatic amines is 1. The zero-order valence-corrected chi connectivity index (χ0v) is 20.0. The highest BCUT2D eigenvalue weighted by Gasteiger charge is 2.27. The van der Waals surface area contributed by atoms with Crippen molar-refractivity contribution in [1.29, 1.82) is 0 Å². The Labute approximate surface area is 208 Å². The lowest BCUT2D eigenvalue weighted by Gasteiger charge is -2.29. The summed E-state index contributed by atoms with van der Waals surface area (Å²) in [6, 6.07) is 12.1. The summed E-state index contributed by atoms with van der Waals surface area (Å²) in [4.78, 5) is 17.2. The van der Waals surface area contributed by atoms with E-state index in [0.717, 1.165) is 22.8 Å². The van der Waals surface area contributed by atoms with E-state index in [4.69, 9.17) is 26.2 Å². The van der Waals surface area contributed by atoms with Crippen LogP contribution in [-0.2, 0) is 9.57 Å². The van der Waals surface area contributed by atoms with E-state index < -0.39 is 0 Å². The Morgan fingerprint density at radius 1 is 1.11 bits per heavy atom. The third-order valence-electron chi connectivity index (χ3n) is 6.32. The fourth-order valence-electron chi connectivity index (χ4n) is 4.24. The van der Waals surface area contributed by atoms with Crippen LogP contribution in [0.15, 0.2) is 41.6 Å². The number of anilines is 4. The predicted octanol–water partition coefficient (Wildman–Crippen LogP) is 3.92. The van der Waals surface area contributed by atoms with Crippen LogP contribution in [-0.4, -0.2) is 64.8 Å². The Hall–Kier alpha value is -3.37. The van der Waals surface area contributed by atoms with Crippen molar-refractivity contribution in [3.63, 3.8) is 0 Å². The van der Waals surface area contributed by atoms with Crippen molar-refractivity contribution in [2.75, 3.05) is 48.4 Å². The van der Waals surface area contributed by atoms with Gasteiger partial charge >= 0.3 is 0 Å². The summed E-state index contributed by atoms with van der Waals surface area (Å²) in [5.41, 5.74) is 3.08. The third kappa shape index (κ3) is 5.03. The van der Waals surface area contributed by atoms with Crippen LogP contribution in [0.4, 0.5) is 23.4 Å². The number of morpholine rings is 1. The molecule has 182 valence electrons. The summed E-state index contributed by atoms with van der Waals surface area (Å²) in [5.74, 6) is 2.97. The summed E-state index contributed by atoms with van der Waals surface area (Å²) >= 11 is 6.78. The minimum Gasteiger partial charge on any atom is -0.390 e. The predicted molar refractivity (Wildman–Crippen MR) is 135 cm³/mol. The lowest BCUT2D eigenvalue weighted by Crippen LogP contribution is -2.37. The first-order chi connectivity index (χ1) is 17.2. The van der Waals surface area contributed by atoms with Crippen molar-refractivity contribution in [2.45, 2.75) is 31.3 Å². The van der Waals surface area contributed by atoms with E-state index in [1.807, 2.05) is 36.4 Å². The van der Waals surface area contributed by atoms with Crippen molar-refractivity contribution >= 4 is 40.7 Å². The van der Waals surface area contributed by atoms with E-state index >= 15 is 0 Å². The van der Waals surface area contributed by atoms with Crippen LogP contribution in [0, 0.1) is 0 Å². The molecule has 0 spiro atoms. The van der Waals surface area contributed by atoms with Gasteiger partial charge in [-0.05, 0) is 18.4 Å². The maximum absolute atomic E-state index is 6.78. The molecule has 10 nitrogen and oxygen atoms in total. The highest BCUT2D eigenvalue weighted by Crippen LogP contribution is 2.40. The molecule has 2 aromatic heterocycles. The number of aromatic nitrogens is 4. The highest BCUT2D eigenvalue weighted by molar-refractivity contribution is 6.35. The van der Waals surface area contributed by atoms with Gasteiger partial charge in [0.1, 0.15) is 16.9 Å². The molecule has 3 aliphatic rings. The zero-order valence-electron chi connectivity index (χ0n) is 19.2. The van der Waals surface area contributed by atoms with E-state index in [1.165, 1.54) is 12.8 Å². The number of oxime groups is 1. The Kier molecular flexibility index (Phi) is 6.13. The van der Waals surface area contributed by atoms with Crippen LogP contribution in [0.5, 0.6) is 0 Å². The molecule has 1 saturated carbocycles. The standard InChI is InChI=1S/C24H27ClN8O2/c25-21-22(27-20-13-18(30-31-20)16-6-7-16)28-24(29-23(21)33-8-10-34-11-9-33)26-14-17-12-19(32-35-17)15-4-2-1-3-5-15/h1-5,13,16-17H,6-12,14H2,(H3,26,27,28,29,30,31). The van der Waals surface area contributed by atoms with Gasteiger partial charge in [-0.3, -0.25) is 5.10 Å². The number of hydrogen-bond acceptors (Lipinski definition) is 9. The van der Waals surface area contributed by atoms with Crippen LogP contribution in [0.2, 0.25) is 5.02 Å². The summed E-state index contributed by atoms with van der Waals surface area (Å²) in [6.45, 7) is 3.20. The molecule has 0 bridgehead atoms. The average Bonchev–Trinajstić information content (AvgIpc) is 3.46. The number of halogens is 1. The minimum atomic E-state index is -0.110. The first-order valence-electron chi connectivity index (χ1n) is 12.0. The first-order valence-corrected chi connectivity index (χ1v) is 12.4. The molecule has 2 aliphatic heterocycles. The third-order valence-corrected chi connectivity index (χ3v) is 6.67. The van der Waals surface area contributed by atoms with Gasteiger partial charge in [0.2, 0.25) is 5.95 Å². The number of nitrogens with one attached hydrogen (secondary N) is 3. The second-order valence-electron chi connectivity index (χ2n) is 8.96. The lowest BCUT2D eigenvalue weighted by atomic mass is 10.1. The Balaban J connectivity index is 1.19. The molecule has 3 N–H and O–H groups in total. The van der Waals surface area contributed by atoms with Gasteiger partial charge in [0.05, 0.1) is 31.2 Å². The van der Waals surface area contributed by atoms with E-state index in [0.29, 0.717) is 67.8 Å². The van der Waals surface area contributed by atoms with Gasteiger partial charge in [0.15, 0.2) is 11.6 Å². The molecule has 1 aliphatic carbocycles. The molecule has 11 heteroatoms. The lowest BCUT2D eigenvalue weighted by molar-refractivity contribution is 0.0948. The fraction of sp³-hybridized carbons (Fsp3) is 0.417.